The molecule has 5 heteroatoms. The maximum absolute atomic E-state index is 12.4. The molecule has 0 heterocycles. The van der Waals surface area contributed by atoms with Crippen LogP contribution in [0.1, 0.15) is 37.8 Å². The van der Waals surface area contributed by atoms with Crippen LogP contribution >= 0.6 is 0 Å². The largest absolute Gasteiger partial charge is 0.494 e. The quantitative estimate of drug-likeness (QED) is 0.697. The fraction of sp³-hybridized carbons (Fsp3) is 0.400. The van der Waals surface area contributed by atoms with Gasteiger partial charge in [-0.25, -0.2) is 13.1 Å². The van der Waals surface area contributed by atoms with Crippen molar-refractivity contribution in [2.24, 2.45) is 0 Å². The summed E-state index contributed by atoms with van der Waals surface area (Å²) in [6.07, 6.45) is 3.82. The highest BCUT2D eigenvalue weighted by atomic mass is 32.2. The van der Waals surface area contributed by atoms with Gasteiger partial charge < -0.3 is 4.74 Å². The van der Waals surface area contributed by atoms with Crippen LogP contribution in [0.3, 0.4) is 0 Å². The maximum atomic E-state index is 12.4. The van der Waals surface area contributed by atoms with Crippen LogP contribution in [0.2, 0.25) is 0 Å². The van der Waals surface area contributed by atoms with Crippen LogP contribution in [0.4, 0.5) is 0 Å². The van der Waals surface area contributed by atoms with Crippen LogP contribution in [0.25, 0.3) is 0 Å². The van der Waals surface area contributed by atoms with Gasteiger partial charge in [-0.3, -0.25) is 0 Å². The Morgan fingerprint density at radius 1 is 0.960 bits per heavy atom. The summed E-state index contributed by atoms with van der Waals surface area (Å²) < 4.78 is 33.1. The molecule has 0 atom stereocenters. The van der Waals surface area contributed by atoms with Gasteiger partial charge in [-0.1, -0.05) is 43.7 Å². The average Bonchev–Trinajstić information content (AvgIpc) is 2.62. The lowest BCUT2D eigenvalue weighted by Gasteiger charge is -2.11. The fourth-order valence-corrected chi connectivity index (χ4v) is 3.66. The molecule has 4 nitrogen and oxygen atoms in total. The Morgan fingerprint density at radius 3 is 2.36 bits per heavy atom. The van der Waals surface area contributed by atoms with Crippen molar-refractivity contribution >= 4 is 10.0 Å². The minimum Gasteiger partial charge on any atom is -0.494 e. The van der Waals surface area contributed by atoms with E-state index in [1.807, 2.05) is 43.3 Å². The highest BCUT2D eigenvalue weighted by molar-refractivity contribution is 7.89. The number of sulfonamides is 1. The zero-order chi connectivity index (χ0) is 18.1. The lowest BCUT2D eigenvalue weighted by Crippen LogP contribution is -2.26. The van der Waals surface area contributed by atoms with Crippen LogP contribution in [0.15, 0.2) is 53.4 Å². The number of nitrogens with one attached hydrogen (secondary N) is 1. The maximum Gasteiger partial charge on any atom is 0.240 e. The zero-order valence-electron chi connectivity index (χ0n) is 15.0. The number of rotatable bonds is 10. The van der Waals surface area contributed by atoms with Crippen molar-refractivity contribution in [1.82, 2.24) is 4.72 Å². The summed E-state index contributed by atoms with van der Waals surface area (Å²) in [4.78, 5) is 0.311. The van der Waals surface area contributed by atoms with E-state index in [1.54, 1.807) is 12.1 Å². The van der Waals surface area contributed by atoms with E-state index < -0.39 is 10.0 Å². The molecule has 2 aromatic rings. The minimum absolute atomic E-state index is 0.311. The first-order valence-corrected chi connectivity index (χ1v) is 10.3. The molecule has 0 bridgehead atoms. The van der Waals surface area contributed by atoms with Crippen molar-refractivity contribution in [2.45, 2.75) is 44.4 Å². The Kier molecular flexibility index (Phi) is 7.47. The Balaban J connectivity index is 1.95. The third kappa shape index (κ3) is 5.87. The first kappa shape index (κ1) is 19.5. The summed E-state index contributed by atoms with van der Waals surface area (Å²) >= 11 is 0. The third-order valence-corrected chi connectivity index (χ3v) is 5.49. The first-order valence-electron chi connectivity index (χ1n) is 8.86. The zero-order valence-corrected chi connectivity index (χ0v) is 15.8. The second kappa shape index (κ2) is 9.59. The van der Waals surface area contributed by atoms with Gasteiger partial charge in [0.2, 0.25) is 10.0 Å². The average molecular weight is 362 g/mol. The molecule has 2 aromatic carbocycles. The van der Waals surface area contributed by atoms with Gasteiger partial charge in [-0.05, 0) is 55.5 Å². The Bertz CT molecular complexity index is 755. The standard InChI is InChI=1S/C20H27NO3S/c1-3-5-8-17-11-13-19(14-12-17)25(22,23)21-16-15-18-9-6-7-10-20(18)24-4-2/h6-7,9-14,21H,3-5,8,15-16H2,1-2H3. The molecule has 25 heavy (non-hydrogen) atoms. The molecule has 0 unspecified atom stereocenters. The van der Waals surface area contributed by atoms with E-state index in [9.17, 15) is 8.42 Å². The van der Waals surface area contributed by atoms with Crippen molar-refractivity contribution in [1.29, 1.82) is 0 Å². The van der Waals surface area contributed by atoms with Crippen molar-refractivity contribution in [3.63, 3.8) is 0 Å². The summed E-state index contributed by atoms with van der Waals surface area (Å²) in [6, 6.07) is 14.9. The van der Waals surface area contributed by atoms with Gasteiger partial charge in [0.15, 0.2) is 0 Å². The van der Waals surface area contributed by atoms with E-state index in [4.69, 9.17) is 4.74 Å². The number of hydrogen-bond acceptors (Lipinski definition) is 3. The van der Waals surface area contributed by atoms with Gasteiger partial charge in [0.1, 0.15) is 5.75 Å². The lowest BCUT2D eigenvalue weighted by atomic mass is 10.1. The van der Waals surface area contributed by atoms with Gasteiger partial charge in [-0.15, -0.1) is 0 Å². The molecule has 2 rings (SSSR count). The van der Waals surface area contributed by atoms with Gasteiger partial charge in [-0.2, -0.15) is 0 Å². The monoisotopic (exact) mass is 361 g/mol. The summed E-state index contributed by atoms with van der Waals surface area (Å²) in [5.74, 6) is 0.810. The van der Waals surface area contributed by atoms with Crippen LogP contribution in [-0.2, 0) is 22.9 Å². The third-order valence-electron chi connectivity index (χ3n) is 4.01. The normalized spacial score (nSPS) is 11.4. The van der Waals surface area contributed by atoms with Crippen LogP contribution < -0.4 is 9.46 Å². The Labute approximate surface area is 151 Å². The lowest BCUT2D eigenvalue weighted by molar-refractivity contribution is 0.336. The van der Waals surface area contributed by atoms with Crippen LogP contribution in [-0.4, -0.2) is 21.6 Å². The van der Waals surface area contributed by atoms with Gasteiger partial charge in [0, 0.05) is 6.54 Å². The molecule has 0 spiro atoms. The molecule has 0 radical (unpaired) electrons. The number of unbranched alkanes of at least 4 members (excludes halogenated alkanes) is 1. The summed E-state index contributed by atoms with van der Waals surface area (Å²) in [5, 5.41) is 0. The molecule has 0 aromatic heterocycles. The first-order chi connectivity index (χ1) is 12.1. The Hall–Kier alpha value is -1.85. The number of aryl methyl sites for hydroxylation is 1. The summed E-state index contributed by atoms with van der Waals surface area (Å²) in [7, 11) is -3.48. The number of hydrogen-bond donors (Lipinski definition) is 1. The van der Waals surface area contributed by atoms with E-state index in [-0.39, 0.29) is 0 Å². The Morgan fingerprint density at radius 2 is 1.68 bits per heavy atom. The van der Waals surface area contributed by atoms with Crippen molar-refractivity contribution in [3.8, 4) is 5.75 Å². The number of benzene rings is 2. The molecule has 0 saturated carbocycles. The highest BCUT2D eigenvalue weighted by Gasteiger charge is 2.13. The van der Waals surface area contributed by atoms with E-state index in [2.05, 4.69) is 11.6 Å². The number of para-hydroxylation sites is 1. The second-order valence-electron chi connectivity index (χ2n) is 5.94. The summed E-state index contributed by atoms with van der Waals surface area (Å²) in [6.45, 7) is 5.01. The van der Waals surface area contributed by atoms with E-state index in [0.717, 1.165) is 30.6 Å². The molecule has 136 valence electrons. The SMILES string of the molecule is CCCCc1ccc(S(=O)(=O)NCCc2ccccc2OCC)cc1. The topological polar surface area (TPSA) is 55.4 Å². The minimum atomic E-state index is -3.48. The second-order valence-corrected chi connectivity index (χ2v) is 7.70. The number of ether oxygens (including phenoxy) is 1. The molecule has 0 fully saturated rings. The molecular formula is C20H27NO3S. The van der Waals surface area contributed by atoms with Crippen molar-refractivity contribution in [3.05, 3.63) is 59.7 Å². The molecule has 0 aliphatic heterocycles. The van der Waals surface area contributed by atoms with Crippen molar-refractivity contribution in [2.75, 3.05) is 13.2 Å². The molecule has 0 saturated heterocycles. The molecule has 0 aliphatic carbocycles. The molecule has 0 amide bonds. The molecule has 0 aliphatic rings. The predicted molar refractivity (Wildman–Crippen MR) is 102 cm³/mol. The molecular weight excluding hydrogens is 334 g/mol. The van der Waals surface area contributed by atoms with E-state index in [1.165, 1.54) is 5.56 Å². The van der Waals surface area contributed by atoms with Gasteiger partial charge >= 0.3 is 0 Å². The molecule has 1 N–H and O–H groups in total. The smallest absolute Gasteiger partial charge is 0.240 e. The van der Waals surface area contributed by atoms with Crippen LogP contribution in [0, 0.1) is 0 Å². The van der Waals surface area contributed by atoms with Crippen LogP contribution in [0.5, 0.6) is 5.75 Å². The van der Waals surface area contributed by atoms with Gasteiger partial charge in [0.25, 0.3) is 0 Å². The predicted octanol–water partition coefficient (Wildman–Crippen LogP) is 3.95. The highest BCUT2D eigenvalue weighted by Crippen LogP contribution is 2.18. The van der Waals surface area contributed by atoms with Crippen molar-refractivity contribution < 1.29 is 13.2 Å². The van der Waals surface area contributed by atoms with E-state index >= 15 is 0 Å². The van der Waals surface area contributed by atoms with Gasteiger partial charge in [0.05, 0.1) is 11.5 Å². The fourth-order valence-electron chi connectivity index (χ4n) is 2.63. The summed E-state index contributed by atoms with van der Waals surface area (Å²) in [5.41, 5.74) is 2.17. The van der Waals surface area contributed by atoms with E-state index in [0.29, 0.717) is 24.5 Å².